The summed E-state index contributed by atoms with van der Waals surface area (Å²) in [6.07, 6.45) is 42.7. The highest BCUT2D eigenvalue weighted by molar-refractivity contribution is 7.47. The monoisotopic (exact) mass is 789 g/mol. The van der Waals surface area contributed by atoms with E-state index in [4.69, 9.17) is 23.6 Å². The van der Waals surface area contributed by atoms with Crippen molar-refractivity contribution in [1.82, 2.24) is 0 Å². The van der Waals surface area contributed by atoms with Gasteiger partial charge in [-0.2, -0.15) is 0 Å². The first-order valence-electron chi connectivity index (χ1n) is 22.3. The van der Waals surface area contributed by atoms with Gasteiger partial charge in [-0.1, -0.05) is 160 Å². The summed E-state index contributed by atoms with van der Waals surface area (Å²) in [5, 5.41) is 18.3. The fourth-order valence-corrected chi connectivity index (χ4v) is 6.96. The van der Waals surface area contributed by atoms with Crippen molar-refractivity contribution in [2.45, 2.75) is 219 Å². The lowest BCUT2D eigenvalue weighted by Crippen LogP contribution is -2.29. The van der Waals surface area contributed by atoms with Crippen molar-refractivity contribution in [2.24, 2.45) is 0 Å². The molecule has 0 aliphatic heterocycles. The molecule has 0 heterocycles. The van der Waals surface area contributed by atoms with E-state index in [2.05, 4.69) is 38.2 Å². The van der Waals surface area contributed by atoms with E-state index < -0.39 is 39.2 Å². The second-order valence-electron chi connectivity index (χ2n) is 15.1. The van der Waals surface area contributed by atoms with Crippen LogP contribution in [0.25, 0.3) is 0 Å². The average Bonchev–Trinajstić information content (AvgIpc) is 3.16. The first-order valence-corrected chi connectivity index (χ1v) is 23.8. The van der Waals surface area contributed by atoms with Crippen molar-refractivity contribution in [3.8, 4) is 0 Å². The molecule has 320 valence electrons. The van der Waals surface area contributed by atoms with Crippen LogP contribution in [0.2, 0.25) is 0 Å². The van der Waals surface area contributed by atoms with E-state index in [9.17, 15) is 19.4 Å². The molecule has 0 aromatic carbocycles. The Morgan fingerprint density at radius 1 is 0.556 bits per heavy atom. The molecule has 0 aliphatic rings. The van der Waals surface area contributed by atoms with Crippen LogP contribution in [0, 0.1) is 0 Å². The number of rotatable bonds is 43. The molecule has 0 spiro atoms. The number of phosphoric acid groups is 1. The number of carbonyl (C=O) groups is 1. The zero-order valence-corrected chi connectivity index (χ0v) is 35.8. The summed E-state index contributed by atoms with van der Waals surface area (Å²) in [6.45, 7) is 3.51. The van der Waals surface area contributed by atoms with Gasteiger partial charge in [0.2, 0.25) is 0 Å². The van der Waals surface area contributed by atoms with E-state index in [1.54, 1.807) is 0 Å². The smallest absolute Gasteiger partial charge is 0.457 e. The van der Waals surface area contributed by atoms with E-state index >= 15 is 0 Å². The molecule has 3 atom stereocenters. The van der Waals surface area contributed by atoms with Crippen LogP contribution in [0.4, 0.5) is 0 Å². The van der Waals surface area contributed by atoms with E-state index in [1.807, 2.05) is 0 Å². The molecule has 0 aromatic rings. The molecule has 0 rings (SSSR count). The third-order valence-electron chi connectivity index (χ3n) is 9.61. The van der Waals surface area contributed by atoms with Gasteiger partial charge in [0.1, 0.15) is 12.2 Å². The minimum atomic E-state index is -4.52. The molecule has 3 unspecified atom stereocenters. The number of aliphatic hydroxyl groups excluding tert-OH is 2. The SMILES string of the molecule is CCCCCCCC/C=C\CCCCCCCCCCOCC(COP(=O)(O)OCC(O)CO)OC(=O)CCCCCCC/C=C\CCCCCCCC. The van der Waals surface area contributed by atoms with Crippen molar-refractivity contribution in [3.05, 3.63) is 24.3 Å². The van der Waals surface area contributed by atoms with Gasteiger partial charge < -0.3 is 24.6 Å². The summed E-state index contributed by atoms with van der Waals surface area (Å²) < 4.78 is 33.4. The lowest BCUT2D eigenvalue weighted by atomic mass is 10.1. The summed E-state index contributed by atoms with van der Waals surface area (Å²) in [5.41, 5.74) is 0. The minimum absolute atomic E-state index is 0.0464. The highest BCUT2D eigenvalue weighted by Crippen LogP contribution is 2.43. The van der Waals surface area contributed by atoms with Crippen LogP contribution in [0.1, 0.15) is 206 Å². The van der Waals surface area contributed by atoms with E-state index in [0.717, 1.165) is 57.8 Å². The first-order chi connectivity index (χ1) is 26.3. The second kappa shape index (κ2) is 41.6. The van der Waals surface area contributed by atoms with Gasteiger partial charge in [-0.3, -0.25) is 13.8 Å². The summed E-state index contributed by atoms with van der Waals surface area (Å²) in [5.74, 6) is -0.390. The Balaban J connectivity index is 4.15. The molecule has 54 heavy (non-hydrogen) atoms. The maximum absolute atomic E-state index is 12.6. The van der Waals surface area contributed by atoms with E-state index in [1.165, 1.54) is 128 Å². The quantitative estimate of drug-likeness (QED) is 0.0239. The number of aliphatic hydroxyl groups is 2. The third-order valence-corrected chi connectivity index (χ3v) is 10.6. The molecule has 0 saturated heterocycles. The van der Waals surface area contributed by atoms with Gasteiger partial charge in [-0.25, -0.2) is 4.57 Å². The van der Waals surface area contributed by atoms with Crippen molar-refractivity contribution < 1.29 is 43.0 Å². The number of phosphoric ester groups is 1. The number of hydrogen-bond acceptors (Lipinski definition) is 8. The van der Waals surface area contributed by atoms with Gasteiger partial charge in [-0.05, 0) is 64.2 Å². The first kappa shape index (κ1) is 52.9. The van der Waals surface area contributed by atoms with Gasteiger partial charge in [0.25, 0.3) is 0 Å². The number of ether oxygens (including phenoxy) is 2. The van der Waals surface area contributed by atoms with Crippen LogP contribution in [-0.2, 0) is 27.9 Å². The average molecular weight is 789 g/mol. The predicted octanol–water partition coefficient (Wildman–Crippen LogP) is 12.3. The molecule has 3 N–H and O–H groups in total. The largest absolute Gasteiger partial charge is 0.472 e. The zero-order valence-electron chi connectivity index (χ0n) is 35.0. The van der Waals surface area contributed by atoms with Crippen LogP contribution in [0.5, 0.6) is 0 Å². The molecule has 0 fully saturated rings. The Morgan fingerprint density at radius 2 is 0.944 bits per heavy atom. The molecule has 0 radical (unpaired) electrons. The van der Waals surface area contributed by atoms with Gasteiger partial charge in [-0.15, -0.1) is 0 Å². The fourth-order valence-electron chi connectivity index (χ4n) is 6.17. The highest BCUT2D eigenvalue weighted by Gasteiger charge is 2.26. The molecule has 10 heteroatoms. The van der Waals surface area contributed by atoms with Crippen LogP contribution in [0.15, 0.2) is 24.3 Å². The Bertz CT molecular complexity index is 897. The molecule has 0 aliphatic carbocycles. The maximum Gasteiger partial charge on any atom is 0.472 e. The van der Waals surface area contributed by atoms with E-state index in [0.29, 0.717) is 6.61 Å². The number of unbranched alkanes of at least 4 members (excludes halogenated alkanes) is 25. The Morgan fingerprint density at radius 3 is 1.39 bits per heavy atom. The number of carbonyl (C=O) groups excluding carboxylic acids is 1. The van der Waals surface area contributed by atoms with Crippen molar-refractivity contribution in [2.75, 3.05) is 33.0 Å². The second-order valence-corrected chi connectivity index (χ2v) is 16.5. The van der Waals surface area contributed by atoms with Crippen LogP contribution < -0.4 is 0 Å². The normalized spacial score (nSPS) is 14.2. The predicted molar refractivity (Wildman–Crippen MR) is 224 cm³/mol. The Labute approximate surface area is 332 Å². The molecule has 0 aromatic heterocycles. The summed E-state index contributed by atoms with van der Waals surface area (Å²) in [4.78, 5) is 22.6. The number of allylic oxidation sites excluding steroid dienone is 4. The molecular formula is C44H85O9P. The lowest BCUT2D eigenvalue weighted by Gasteiger charge is -2.20. The van der Waals surface area contributed by atoms with Gasteiger partial charge in [0.05, 0.1) is 26.4 Å². The molecule has 9 nitrogen and oxygen atoms in total. The summed E-state index contributed by atoms with van der Waals surface area (Å²) in [6, 6.07) is 0. The highest BCUT2D eigenvalue weighted by atomic mass is 31.2. The molecular weight excluding hydrogens is 703 g/mol. The third kappa shape index (κ3) is 40.6. The van der Waals surface area contributed by atoms with Crippen molar-refractivity contribution >= 4 is 13.8 Å². The van der Waals surface area contributed by atoms with Crippen molar-refractivity contribution in [3.63, 3.8) is 0 Å². The van der Waals surface area contributed by atoms with Gasteiger partial charge >= 0.3 is 13.8 Å². The topological polar surface area (TPSA) is 132 Å². The van der Waals surface area contributed by atoms with E-state index in [-0.39, 0.29) is 19.6 Å². The number of hydrogen-bond donors (Lipinski definition) is 3. The Kier molecular flexibility index (Phi) is 40.8. The molecule has 0 amide bonds. The fraction of sp³-hybridized carbons (Fsp3) is 0.886. The Hall–Kier alpha value is -1.06. The number of esters is 1. The minimum Gasteiger partial charge on any atom is -0.457 e. The lowest BCUT2D eigenvalue weighted by molar-refractivity contribution is -0.154. The maximum atomic E-state index is 12.6. The zero-order chi connectivity index (χ0) is 39.6. The summed E-state index contributed by atoms with van der Waals surface area (Å²) >= 11 is 0. The standard InChI is InChI=1S/C44H85O9P/c1-3-5-7-9-11-13-15-17-19-20-21-23-25-27-29-31-33-35-37-50-40-43(41-52-54(48,49)51-39-42(46)38-45)53-44(47)36-34-32-30-28-26-24-22-18-16-14-12-10-8-6-4-2/h17-19,22,42-43,45-46H,3-16,20-21,23-41H2,1-2H3,(H,48,49)/b19-17-,22-18-. The summed E-state index contributed by atoms with van der Waals surface area (Å²) in [7, 11) is -4.52. The van der Waals surface area contributed by atoms with Crippen molar-refractivity contribution in [1.29, 1.82) is 0 Å². The van der Waals surface area contributed by atoms with Gasteiger partial charge in [0, 0.05) is 13.0 Å². The van der Waals surface area contributed by atoms with Crippen LogP contribution in [0.3, 0.4) is 0 Å². The van der Waals surface area contributed by atoms with Gasteiger partial charge in [0.15, 0.2) is 0 Å². The molecule has 0 bridgehead atoms. The van der Waals surface area contributed by atoms with Crippen LogP contribution in [-0.4, -0.2) is 66.3 Å². The molecule has 0 saturated carbocycles. The van der Waals surface area contributed by atoms with Crippen LogP contribution >= 0.6 is 7.82 Å².